The Kier molecular flexibility index (Phi) is 3.78. The molecule has 142 valence electrons. The summed E-state index contributed by atoms with van der Waals surface area (Å²) < 4.78 is 0. The number of phenolic OH excluding ortho intramolecular Hbond substituents is 1. The highest BCUT2D eigenvalue weighted by Crippen LogP contribution is 2.56. The lowest BCUT2D eigenvalue weighted by Crippen LogP contribution is -2.60. The monoisotopic (exact) mass is 366 g/mol. The summed E-state index contributed by atoms with van der Waals surface area (Å²) in [5.41, 5.74) is -0.894. The second-order valence-electron chi connectivity index (χ2n) is 9.32. The van der Waals surface area contributed by atoms with Crippen LogP contribution in [0.4, 0.5) is 5.69 Å². The summed E-state index contributed by atoms with van der Waals surface area (Å²) in [7, 11) is 0. The predicted molar refractivity (Wildman–Crippen MR) is 105 cm³/mol. The molecule has 27 heavy (non-hydrogen) atoms. The molecule has 3 atom stereocenters. The van der Waals surface area contributed by atoms with E-state index in [4.69, 9.17) is 0 Å². The van der Waals surface area contributed by atoms with Crippen LogP contribution >= 0.6 is 0 Å². The molecule has 2 aromatic rings. The first-order valence-electron chi connectivity index (χ1n) is 9.44. The summed E-state index contributed by atoms with van der Waals surface area (Å²) in [5.74, 6) is -0.0518. The lowest BCUT2D eigenvalue weighted by molar-refractivity contribution is -0.151. The summed E-state index contributed by atoms with van der Waals surface area (Å²) in [5, 5.41) is 18.2. The highest BCUT2D eigenvalue weighted by Gasteiger charge is 2.57. The van der Waals surface area contributed by atoms with E-state index in [-0.39, 0.29) is 23.0 Å². The number of piperidine rings is 1. The number of nitrogens with one attached hydrogen (secondary N) is 2. The zero-order chi connectivity index (χ0) is 19.4. The van der Waals surface area contributed by atoms with E-state index in [1.807, 2.05) is 38.1 Å². The smallest absolute Gasteiger partial charge is 0.230 e. The molecule has 0 unspecified atom stereocenters. The average molecular weight is 366 g/mol. The minimum absolute atomic E-state index is 0.0345. The van der Waals surface area contributed by atoms with Crippen LogP contribution in [0.2, 0.25) is 0 Å². The molecule has 0 spiro atoms. The molecule has 0 radical (unpaired) electrons. The highest BCUT2D eigenvalue weighted by atomic mass is 16.3. The van der Waals surface area contributed by atoms with Crippen LogP contribution in [0.5, 0.6) is 5.75 Å². The molecular formula is C22H26N2O3. The Bertz CT molecular complexity index is 956. The molecule has 1 aliphatic carbocycles. The number of amides is 2. The van der Waals surface area contributed by atoms with Gasteiger partial charge in [0, 0.05) is 17.4 Å². The van der Waals surface area contributed by atoms with Gasteiger partial charge in [0.05, 0.1) is 5.69 Å². The van der Waals surface area contributed by atoms with Crippen LogP contribution in [0, 0.1) is 16.2 Å². The number of hydrogen-bond acceptors (Lipinski definition) is 3. The zero-order valence-corrected chi connectivity index (χ0v) is 16.1. The Hall–Kier alpha value is -2.56. The fourth-order valence-electron chi connectivity index (χ4n) is 5.49. The molecule has 2 amide bonds. The van der Waals surface area contributed by atoms with Crippen molar-refractivity contribution in [3.05, 3.63) is 36.4 Å². The van der Waals surface area contributed by atoms with E-state index in [9.17, 15) is 14.7 Å². The van der Waals surface area contributed by atoms with Gasteiger partial charge in [0.25, 0.3) is 0 Å². The van der Waals surface area contributed by atoms with Gasteiger partial charge < -0.3 is 15.7 Å². The Morgan fingerprint density at radius 3 is 2.44 bits per heavy atom. The lowest BCUT2D eigenvalue weighted by Gasteiger charge is -2.54. The largest absolute Gasteiger partial charge is 0.506 e. The first-order valence-corrected chi connectivity index (χ1v) is 9.44. The maximum atomic E-state index is 13.2. The lowest BCUT2D eigenvalue weighted by atomic mass is 9.52. The molecular weight excluding hydrogens is 340 g/mol. The first kappa shape index (κ1) is 17.8. The van der Waals surface area contributed by atoms with Crippen LogP contribution in [0.3, 0.4) is 0 Å². The predicted octanol–water partition coefficient (Wildman–Crippen LogP) is 3.82. The number of fused-ring (bicyclic) bond motifs is 3. The average Bonchev–Trinajstić information content (AvgIpc) is 2.58. The summed E-state index contributed by atoms with van der Waals surface area (Å²) in [6.45, 7) is 6.64. The molecule has 2 fully saturated rings. The minimum atomic E-state index is -0.669. The molecule has 2 aromatic carbocycles. The van der Waals surface area contributed by atoms with E-state index in [1.165, 1.54) is 0 Å². The van der Waals surface area contributed by atoms with E-state index >= 15 is 0 Å². The molecule has 3 N–H and O–H groups in total. The van der Waals surface area contributed by atoms with E-state index in [0.29, 0.717) is 25.1 Å². The molecule has 4 rings (SSSR count). The molecule has 0 aromatic heterocycles. The number of benzene rings is 2. The van der Waals surface area contributed by atoms with Crippen molar-refractivity contribution < 1.29 is 14.7 Å². The van der Waals surface area contributed by atoms with Gasteiger partial charge in [0.2, 0.25) is 11.8 Å². The van der Waals surface area contributed by atoms with Crippen LogP contribution < -0.4 is 10.6 Å². The molecule has 5 heteroatoms. The number of anilines is 1. The number of aromatic hydroxyl groups is 1. The van der Waals surface area contributed by atoms with Gasteiger partial charge in [-0.05, 0) is 47.6 Å². The number of rotatable bonds is 2. The standard InChI is InChI=1S/C22H26N2O3/c1-20-10-21(2,18(26)23-13-20)12-22(3,11-20)19(27)24-16-8-14-6-4-5-7-15(14)9-17(16)25/h4-9,25H,10-13H2,1-3H3,(H,23,26)(H,24,27)/t20-,21+,22-/m0/s1. The van der Waals surface area contributed by atoms with Crippen molar-refractivity contribution in [2.45, 2.75) is 40.0 Å². The molecule has 1 aliphatic heterocycles. The molecule has 2 aliphatic rings. The van der Waals surface area contributed by atoms with E-state index < -0.39 is 10.8 Å². The third-order valence-corrected chi connectivity index (χ3v) is 6.30. The SMILES string of the molecule is C[C@]12CNC(=O)[C@](C)(C1)C[C@@](C)(C(=O)Nc1cc3ccccc3cc1O)C2. The number of phenols is 1. The van der Waals surface area contributed by atoms with Crippen molar-refractivity contribution in [2.24, 2.45) is 16.2 Å². The topological polar surface area (TPSA) is 78.4 Å². The number of carbonyl (C=O) groups excluding carboxylic acids is 2. The maximum Gasteiger partial charge on any atom is 0.230 e. The Morgan fingerprint density at radius 1 is 1.07 bits per heavy atom. The van der Waals surface area contributed by atoms with Gasteiger partial charge >= 0.3 is 0 Å². The van der Waals surface area contributed by atoms with Crippen LogP contribution in [0.15, 0.2) is 36.4 Å². The van der Waals surface area contributed by atoms with Crippen LogP contribution in [-0.4, -0.2) is 23.5 Å². The summed E-state index contributed by atoms with van der Waals surface area (Å²) in [6, 6.07) is 11.2. The van der Waals surface area contributed by atoms with Gasteiger partial charge in [0.1, 0.15) is 5.75 Å². The normalized spacial score (nSPS) is 32.8. The third-order valence-electron chi connectivity index (χ3n) is 6.30. The Morgan fingerprint density at radius 2 is 1.74 bits per heavy atom. The van der Waals surface area contributed by atoms with Gasteiger partial charge in [-0.2, -0.15) is 0 Å². The van der Waals surface area contributed by atoms with Crippen molar-refractivity contribution in [3.63, 3.8) is 0 Å². The van der Waals surface area contributed by atoms with Crippen LogP contribution in [0.25, 0.3) is 10.8 Å². The fraction of sp³-hybridized carbons (Fsp3) is 0.455. The summed E-state index contributed by atoms with van der Waals surface area (Å²) >= 11 is 0. The summed E-state index contributed by atoms with van der Waals surface area (Å²) in [4.78, 5) is 25.7. The van der Waals surface area contributed by atoms with E-state index in [0.717, 1.165) is 17.2 Å². The molecule has 2 bridgehead atoms. The number of carbonyl (C=O) groups is 2. The Balaban J connectivity index is 1.65. The van der Waals surface area contributed by atoms with Gasteiger partial charge in [-0.3, -0.25) is 9.59 Å². The van der Waals surface area contributed by atoms with Gasteiger partial charge in [0.15, 0.2) is 0 Å². The van der Waals surface area contributed by atoms with E-state index in [1.54, 1.807) is 12.1 Å². The second kappa shape index (κ2) is 5.72. The van der Waals surface area contributed by atoms with E-state index in [2.05, 4.69) is 17.6 Å². The highest BCUT2D eigenvalue weighted by molar-refractivity contribution is 6.00. The molecule has 1 saturated heterocycles. The molecule has 1 saturated carbocycles. The molecule has 1 heterocycles. The molecule has 5 nitrogen and oxygen atoms in total. The maximum absolute atomic E-state index is 13.2. The minimum Gasteiger partial charge on any atom is -0.506 e. The van der Waals surface area contributed by atoms with Gasteiger partial charge in [-0.15, -0.1) is 0 Å². The zero-order valence-electron chi connectivity index (χ0n) is 16.1. The third kappa shape index (κ3) is 2.95. The van der Waals surface area contributed by atoms with Crippen molar-refractivity contribution in [2.75, 3.05) is 11.9 Å². The van der Waals surface area contributed by atoms with Crippen molar-refractivity contribution in [3.8, 4) is 5.75 Å². The van der Waals surface area contributed by atoms with Crippen molar-refractivity contribution >= 4 is 28.3 Å². The second-order valence-corrected chi connectivity index (χ2v) is 9.32. The number of hydrogen-bond donors (Lipinski definition) is 3. The van der Waals surface area contributed by atoms with Crippen LogP contribution in [0.1, 0.15) is 40.0 Å². The Labute approximate surface area is 159 Å². The van der Waals surface area contributed by atoms with Crippen molar-refractivity contribution in [1.29, 1.82) is 0 Å². The fourth-order valence-corrected chi connectivity index (χ4v) is 5.49. The quantitative estimate of drug-likeness (QED) is 0.707. The van der Waals surface area contributed by atoms with Crippen molar-refractivity contribution in [1.82, 2.24) is 5.32 Å². The van der Waals surface area contributed by atoms with Crippen LogP contribution in [-0.2, 0) is 9.59 Å². The first-order chi connectivity index (χ1) is 12.6. The van der Waals surface area contributed by atoms with Gasteiger partial charge in [-0.25, -0.2) is 0 Å². The summed E-state index contributed by atoms with van der Waals surface area (Å²) in [6.07, 6.45) is 2.01. The van der Waals surface area contributed by atoms with Gasteiger partial charge in [-0.1, -0.05) is 45.0 Å².